The number of phosphoric ester groups is 1. The van der Waals surface area contributed by atoms with Gasteiger partial charge in [-0.25, -0.2) is 4.57 Å². The molecular formula is C69H128N2O6P+. The van der Waals surface area contributed by atoms with E-state index in [1.807, 2.05) is 27.2 Å². The second-order valence-electron chi connectivity index (χ2n) is 23.4. The number of amides is 1. The molecule has 1 amide bonds. The maximum absolute atomic E-state index is 13.0. The van der Waals surface area contributed by atoms with Gasteiger partial charge < -0.3 is 19.8 Å². The largest absolute Gasteiger partial charge is 0.472 e. The Morgan fingerprint density at radius 2 is 0.782 bits per heavy atom. The van der Waals surface area contributed by atoms with Crippen LogP contribution >= 0.6 is 7.82 Å². The molecule has 0 saturated carbocycles. The fourth-order valence-electron chi connectivity index (χ4n) is 9.48. The van der Waals surface area contributed by atoms with Crippen molar-refractivity contribution in [2.24, 2.45) is 0 Å². The molecule has 0 aromatic carbocycles. The smallest absolute Gasteiger partial charge is 0.387 e. The summed E-state index contributed by atoms with van der Waals surface area (Å²) in [6, 6.07) is -0.875. The summed E-state index contributed by atoms with van der Waals surface area (Å²) in [6.07, 6.45) is 84.3. The third kappa shape index (κ3) is 61.3. The molecule has 9 heteroatoms. The first-order valence-corrected chi connectivity index (χ1v) is 34.5. The highest BCUT2D eigenvalue weighted by Crippen LogP contribution is 2.43. The monoisotopic (exact) mass is 1110 g/mol. The number of nitrogens with zero attached hydrogens (tertiary/aromatic N) is 1. The number of allylic oxidation sites excluding steroid dienone is 13. The summed E-state index contributed by atoms with van der Waals surface area (Å²) in [5.74, 6) is -0.190. The normalized spacial score (nSPS) is 14.3. The van der Waals surface area contributed by atoms with Gasteiger partial charge in [0.15, 0.2) is 0 Å². The molecular weight excluding hydrogens is 984 g/mol. The van der Waals surface area contributed by atoms with Crippen LogP contribution in [-0.4, -0.2) is 73.4 Å². The van der Waals surface area contributed by atoms with Gasteiger partial charge in [0.05, 0.1) is 39.9 Å². The lowest BCUT2D eigenvalue weighted by Crippen LogP contribution is -2.45. The van der Waals surface area contributed by atoms with Crippen molar-refractivity contribution in [3.8, 4) is 0 Å². The zero-order valence-electron chi connectivity index (χ0n) is 51.9. The minimum absolute atomic E-state index is 0.0514. The standard InChI is InChI=1S/C69H127N2O6P/c1-6-8-10-12-14-16-18-20-22-24-26-28-30-32-34-35-37-39-41-43-45-47-49-51-53-55-57-59-61-63-69(73)70-67(66-77-78(74,75)76-65-64-71(3,4)5)68(72)62-60-58-56-54-52-50-48-46-44-42-40-38-36-33-31-29-27-25-23-21-19-17-15-13-11-9-7-2/h8,10,14,16,20,22,26,28,44,46,52,54,60,62,67-68,72H,6-7,9,11-13,15,17-19,21,23-25,27,29-43,45,47-51,53,55-59,61,63-66H2,1-5H3,(H-,70,73,74,75)/p+1/b10-8-,16-14-,22-20-,28-26-,46-44+,54-52+,62-60+. The van der Waals surface area contributed by atoms with Gasteiger partial charge in [0, 0.05) is 6.42 Å². The fraction of sp³-hybridized carbons (Fsp3) is 0.783. The van der Waals surface area contributed by atoms with Crippen molar-refractivity contribution in [2.45, 2.75) is 309 Å². The second-order valence-corrected chi connectivity index (χ2v) is 24.9. The van der Waals surface area contributed by atoms with Crippen molar-refractivity contribution in [1.82, 2.24) is 5.32 Å². The van der Waals surface area contributed by atoms with E-state index in [-0.39, 0.29) is 19.1 Å². The van der Waals surface area contributed by atoms with E-state index in [1.54, 1.807) is 6.08 Å². The highest BCUT2D eigenvalue weighted by Gasteiger charge is 2.27. The zero-order valence-corrected chi connectivity index (χ0v) is 52.8. The average Bonchev–Trinajstić information content (AvgIpc) is 3.41. The zero-order chi connectivity index (χ0) is 57.0. The van der Waals surface area contributed by atoms with Crippen LogP contribution in [0.2, 0.25) is 0 Å². The Balaban J connectivity index is 4.18. The lowest BCUT2D eigenvalue weighted by Gasteiger charge is -2.25. The Morgan fingerprint density at radius 1 is 0.449 bits per heavy atom. The number of likely N-dealkylation sites (N-methyl/N-ethyl adjacent to an activating group) is 1. The molecule has 0 bridgehead atoms. The van der Waals surface area contributed by atoms with Gasteiger partial charge in [-0.1, -0.05) is 292 Å². The summed E-state index contributed by atoms with van der Waals surface area (Å²) in [4.78, 5) is 23.4. The van der Waals surface area contributed by atoms with Crippen molar-refractivity contribution in [3.05, 3.63) is 85.1 Å². The molecule has 0 heterocycles. The third-order valence-electron chi connectivity index (χ3n) is 14.6. The van der Waals surface area contributed by atoms with Gasteiger partial charge in [-0.05, 0) is 83.5 Å². The van der Waals surface area contributed by atoms with Crippen LogP contribution in [0, 0.1) is 0 Å². The van der Waals surface area contributed by atoms with E-state index in [9.17, 15) is 19.4 Å². The molecule has 3 N–H and O–H groups in total. The third-order valence-corrected chi connectivity index (χ3v) is 15.6. The van der Waals surface area contributed by atoms with Crippen LogP contribution in [0.3, 0.4) is 0 Å². The molecule has 78 heavy (non-hydrogen) atoms. The number of aliphatic hydroxyl groups excluding tert-OH is 1. The van der Waals surface area contributed by atoms with Crippen LogP contribution in [-0.2, 0) is 18.4 Å². The Labute approximate surface area is 484 Å². The van der Waals surface area contributed by atoms with Gasteiger partial charge in [-0.15, -0.1) is 0 Å². The number of unbranched alkanes of at least 4 members (excludes halogenated alkanes) is 35. The lowest BCUT2D eigenvalue weighted by molar-refractivity contribution is -0.870. The first kappa shape index (κ1) is 75.7. The molecule has 0 spiro atoms. The molecule has 0 radical (unpaired) electrons. The van der Waals surface area contributed by atoms with E-state index in [2.05, 4.69) is 92.1 Å². The Morgan fingerprint density at radius 3 is 1.18 bits per heavy atom. The van der Waals surface area contributed by atoms with Crippen molar-refractivity contribution in [1.29, 1.82) is 0 Å². The highest BCUT2D eigenvalue weighted by atomic mass is 31.2. The van der Waals surface area contributed by atoms with Crippen LogP contribution in [0.5, 0.6) is 0 Å². The summed E-state index contributed by atoms with van der Waals surface area (Å²) in [5, 5.41) is 14.0. The van der Waals surface area contributed by atoms with Crippen molar-refractivity contribution >= 4 is 13.7 Å². The number of carbonyl (C=O) groups is 1. The number of rotatable bonds is 60. The van der Waals surface area contributed by atoms with Gasteiger partial charge in [0.25, 0.3) is 0 Å². The number of nitrogens with one attached hydrogen (secondary N) is 1. The number of hydrogen-bond acceptors (Lipinski definition) is 5. The Bertz CT molecular complexity index is 1550. The van der Waals surface area contributed by atoms with E-state index in [4.69, 9.17) is 9.05 Å². The van der Waals surface area contributed by atoms with Gasteiger partial charge in [0.1, 0.15) is 13.2 Å². The van der Waals surface area contributed by atoms with Crippen molar-refractivity contribution < 1.29 is 32.9 Å². The molecule has 0 saturated heterocycles. The van der Waals surface area contributed by atoms with Gasteiger partial charge in [-0.3, -0.25) is 13.8 Å². The summed E-state index contributed by atoms with van der Waals surface area (Å²) in [7, 11) is 1.55. The van der Waals surface area contributed by atoms with Crippen LogP contribution in [0.4, 0.5) is 0 Å². The van der Waals surface area contributed by atoms with E-state index in [1.165, 1.54) is 205 Å². The maximum Gasteiger partial charge on any atom is 0.472 e. The summed E-state index contributed by atoms with van der Waals surface area (Å²) < 4.78 is 23.8. The molecule has 0 rings (SSSR count). The number of aliphatic hydroxyl groups is 1. The van der Waals surface area contributed by atoms with Crippen LogP contribution < -0.4 is 5.32 Å². The summed E-state index contributed by atoms with van der Waals surface area (Å²) in [6.45, 7) is 4.70. The molecule has 8 nitrogen and oxygen atoms in total. The molecule has 0 aliphatic rings. The summed E-state index contributed by atoms with van der Waals surface area (Å²) >= 11 is 0. The van der Waals surface area contributed by atoms with Crippen molar-refractivity contribution in [3.63, 3.8) is 0 Å². The number of phosphoric acid groups is 1. The van der Waals surface area contributed by atoms with E-state index < -0.39 is 20.0 Å². The minimum Gasteiger partial charge on any atom is -0.387 e. The maximum atomic E-state index is 13.0. The second kappa shape index (κ2) is 59.3. The Kier molecular flexibility index (Phi) is 57.5. The Hall–Kier alpha value is -2.32. The fourth-order valence-corrected chi connectivity index (χ4v) is 10.2. The number of hydrogen-bond donors (Lipinski definition) is 3. The molecule has 0 fully saturated rings. The average molecular weight is 1110 g/mol. The molecule has 454 valence electrons. The molecule has 0 aliphatic carbocycles. The van der Waals surface area contributed by atoms with Gasteiger partial charge in [0.2, 0.25) is 5.91 Å². The van der Waals surface area contributed by atoms with E-state index in [0.717, 1.165) is 70.6 Å². The summed E-state index contributed by atoms with van der Waals surface area (Å²) in [5.41, 5.74) is 0. The SMILES string of the molecule is CC/C=C\C/C=C\C/C=C\C/C=C\CCCCCCCCCCCCCCCCCCC(=O)NC(COP(=O)(O)OCC[N+](C)(C)C)C(O)/C=C/CC/C=C/CC/C=C/CCCCCCCCCCCCCCCCCCC. The predicted octanol–water partition coefficient (Wildman–Crippen LogP) is 20.8. The molecule has 0 aromatic heterocycles. The van der Waals surface area contributed by atoms with E-state index in [0.29, 0.717) is 17.4 Å². The number of carbonyl (C=O) groups excluding carboxylic acids is 1. The van der Waals surface area contributed by atoms with Gasteiger partial charge in [-0.2, -0.15) is 0 Å². The lowest BCUT2D eigenvalue weighted by atomic mass is 10.0. The first-order chi connectivity index (χ1) is 38.0. The molecule has 3 atom stereocenters. The van der Waals surface area contributed by atoms with Crippen LogP contribution in [0.25, 0.3) is 0 Å². The topological polar surface area (TPSA) is 105 Å². The highest BCUT2D eigenvalue weighted by molar-refractivity contribution is 7.47. The molecule has 0 aliphatic heterocycles. The van der Waals surface area contributed by atoms with Gasteiger partial charge >= 0.3 is 7.82 Å². The molecule has 3 unspecified atom stereocenters. The van der Waals surface area contributed by atoms with Crippen molar-refractivity contribution in [2.75, 3.05) is 40.9 Å². The molecule has 0 aromatic rings. The quantitative estimate of drug-likeness (QED) is 0.0243. The number of quaternary nitrogens is 1. The van der Waals surface area contributed by atoms with Crippen LogP contribution in [0.15, 0.2) is 85.1 Å². The van der Waals surface area contributed by atoms with Crippen LogP contribution in [0.1, 0.15) is 296 Å². The van der Waals surface area contributed by atoms with E-state index >= 15 is 0 Å². The predicted molar refractivity (Wildman–Crippen MR) is 341 cm³/mol. The minimum atomic E-state index is -4.37. The first-order valence-electron chi connectivity index (χ1n) is 33.0.